The Morgan fingerprint density at radius 1 is 0.549 bits per heavy atom. The summed E-state index contributed by atoms with van der Waals surface area (Å²) < 4.78 is 31.9. The number of halogens is 3. The van der Waals surface area contributed by atoms with E-state index in [-0.39, 0.29) is 89.4 Å². The van der Waals surface area contributed by atoms with Crippen molar-refractivity contribution in [2.45, 2.75) is 51.4 Å². The Labute approximate surface area is 521 Å². The second-order valence-electron chi connectivity index (χ2n) is 20.4. The number of primary amides is 1. The highest BCUT2D eigenvalue weighted by Gasteiger charge is 2.55. The smallest absolute Gasteiger partial charge is 0.339 e. The number of hydrogen-bond donors (Lipinski definition) is 5. The number of ether oxygens (including phenoxy) is 1. The maximum Gasteiger partial charge on any atom is 0.339 e. The third-order valence-corrected chi connectivity index (χ3v) is 14.6. The van der Waals surface area contributed by atoms with Crippen molar-refractivity contribution in [2.24, 2.45) is 16.6 Å². The Hall–Kier alpha value is -11.5. The number of phenols is 1. The lowest BCUT2D eigenvalue weighted by molar-refractivity contribution is -0.135. The summed E-state index contributed by atoms with van der Waals surface area (Å²) in [6.07, 6.45) is 19.9. The van der Waals surface area contributed by atoms with E-state index in [0.29, 0.717) is 58.8 Å². The number of carboxylic acids is 1. The van der Waals surface area contributed by atoms with Gasteiger partial charge in [-0.1, -0.05) is 60.1 Å². The third kappa shape index (κ3) is 17.8. The van der Waals surface area contributed by atoms with Gasteiger partial charge in [0.15, 0.2) is 23.1 Å². The number of fused-ring (bicyclic) bond motifs is 3. The van der Waals surface area contributed by atoms with E-state index in [1.807, 2.05) is 12.1 Å². The van der Waals surface area contributed by atoms with E-state index >= 15 is 0 Å². The second kappa shape index (κ2) is 30.9. The van der Waals surface area contributed by atoms with Gasteiger partial charge in [-0.25, -0.2) is 38.5 Å². The zero-order valence-electron chi connectivity index (χ0n) is 48.1. The van der Waals surface area contributed by atoms with Gasteiger partial charge in [0.05, 0.1) is 49.9 Å². The molecular formula is C66H55ClF2N12O10. The average Bonchev–Trinajstić information content (AvgIpc) is 1.65. The van der Waals surface area contributed by atoms with Crippen molar-refractivity contribution in [1.29, 1.82) is 0 Å². The highest BCUT2D eigenvalue weighted by molar-refractivity contribution is 6.33. The van der Waals surface area contributed by atoms with Crippen molar-refractivity contribution in [2.75, 3.05) is 5.73 Å². The number of H-pyrrole nitrogens is 1. The van der Waals surface area contributed by atoms with Crippen molar-refractivity contribution < 1.29 is 52.5 Å². The molecule has 0 radical (unpaired) electrons. The van der Waals surface area contributed by atoms with Crippen molar-refractivity contribution in [3.05, 3.63) is 245 Å². The highest BCUT2D eigenvalue weighted by atomic mass is 35.5. The van der Waals surface area contributed by atoms with Gasteiger partial charge >= 0.3 is 5.97 Å². The Kier molecular flexibility index (Phi) is 22.2. The Bertz CT molecular complexity index is 4350. The van der Waals surface area contributed by atoms with Crippen LogP contribution < -0.4 is 21.8 Å². The molecule has 0 aliphatic heterocycles. The van der Waals surface area contributed by atoms with Gasteiger partial charge in [-0.2, -0.15) is 0 Å². The SMILES string of the molecule is Clc1ncnc2ccncc12.NC=O.Nc1ccncc1C(=O)O.O=C(Cc1ccc(F)cc1)C1(C(=O)Cc2ccc(Oc3ncnc4ccncc34)cc2)CC1.O=C(Cc1ccc(O)cc1)C1(C(=O)Cc2ccc(F)cc2)CC1.O=c1[nH]cnc2ccncc12. The fourth-order valence-corrected chi connectivity index (χ4v) is 9.21. The second-order valence-corrected chi connectivity index (χ2v) is 20.7. The first-order valence-corrected chi connectivity index (χ1v) is 28.1. The first-order valence-electron chi connectivity index (χ1n) is 27.7. The lowest BCUT2D eigenvalue weighted by Crippen LogP contribution is -2.28. The van der Waals surface area contributed by atoms with Crippen LogP contribution in [-0.4, -0.2) is 95.6 Å². The molecule has 2 fully saturated rings. The summed E-state index contributed by atoms with van der Waals surface area (Å²) in [5.74, 6) is -0.946. The number of Topliss-reactive ketones (excluding diaryl/α,β-unsaturated/α-hetero) is 4. The van der Waals surface area contributed by atoms with Gasteiger partial charge < -0.3 is 31.4 Å². The molecule has 7 N–H and O–H groups in total. The summed E-state index contributed by atoms with van der Waals surface area (Å²) in [4.78, 5) is 119. The first-order chi connectivity index (χ1) is 43.9. The molecule has 1 amide bonds. The highest BCUT2D eigenvalue weighted by Crippen LogP contribution is 2.50. The molecule has 0 unspecified atom stereocenters. The molecule has 91 heavy (non-hydrogen) atoms. The number of anilines is 1. The van der Waals surface area contributed by atoms with E-state index in [9.17, 15) is 42.7 Å². The number of carbonyl (C=O) groups is 6. The average molecular weight is 1250 g/mol. The number of carbonyl (C=O) groups excluding carboxylic acids is 5. The minimum atomic E-state index is -1.05. The number of hydrogen-bond acceptors (Lipinski definition) is 19. The summed E-state index contributed by atoms with van der Waals surface area (Å²) in [7, 11) is 0. The van der Waals surface area contributed by atoms with Crippen molar-refractivity contribution in [3.8, 4) is 17.4 Å². The molecule has 22 nitrogen and oxygen atoms in total. The fourth-order valence-electron chi connectivity index (χ4n) is 9.03. The number of nitrogens with one attached hydrogen (secondary N) is 1. The Balaban J connectivity index is 0.000000158. The molecule has 460 valence electrons. The number of nitrogen functional groups attached to an aromatic ring is 1. The van der Waals surface area contributed by atoms with Crippen LogP contribution in [0.3, 0.4) is 0 Å². The zero-order chi connectivity index (χ0) is 64.9. The van der Waals surface area contributed by atoms with E-state index in [1.54, 1.807) is 97.7 Å². The van der Waals surface area contributed by atoms with Crippen LogP contribution in [-0.2, 0) is 49.7 Å². The van der Waals surface area contributed by atoms with E-state index in [4.69, 9.17) is 32.0 Å². The largest absolute Gasteiger partial charge is 0.508 e. The van der Waals surface area contributed by atoms with Gasteiger partial charge in [-0.3, -0.25) is 48.7 Å². The zero-order valence-corrected chi connectivity index (χ0v) is 48.9. The lowest BCUT2D eigenvalue weighted by atomic mass is 9.88. The van der Waals surface area contributed by atoms with Crippen LogP contribution >= 0.6 is 11.6 Å². The fraction of sp³-hybridized carbons (Fsp3) is 0.152. The number of amides is 1. The van der Waals surface area contributed by atoms with Crippen molar-refractivity contribution >= 4 is 85.5 Å². The minimum Gasteiger partial charge on any atom is -0.508 e. The number of pyridine rings is 4. The van der Waals surface area contributed by atoms with Crippen LogP contribution in [0, 0.1) is 22.5 Å². The van der Waals surface area contributed by atoms with Crippen LogP contribution in [0.4, 0.5) is 14.5 Å². The van der Waals surface area contributed by atoms with Crippen LogP contribution in [0.5, 0.6) is 17.4 Å². The molecule has 7 aromatic heterocycles. The predicted molar refractivity (Wildman–Crippen MR) is 331 cm³/mol. The van der Waals surface area contributed by atoms with Crippen molar-refractivity contribution in [1.82, 2.24) is 49.8 Å². The number of nitrogens with zero attached hydrogens (tertiary/aromatic N) is 9. The van der Waals surface area contributed by atoms with Gasteiger partial charge in [-0.05, 0) is 121 Å². The summed E-state index contributed by atoms with van der Waals surface area (Å²) in [5.41, 5.74) is 13.1. The van der Waals surface area contributed by atoms with Crippen LogP contribution in [0.25, 0.3) is 32.7 Å². The van der Waals surface area contributed by atoms with Gasteiger partial charge in [0.25, 0.3) is 5.56 Å². The standard InChI is InChI=1S/C26H20FN3O3.C19H17FO3.C7H4ClN3.C7H5N3O.C6H6N2O2.CH3NO/c27-19-5-1-17(2-6-19)13-23(31)26(10-11-26)24(32)14-18-3-7-20(8-4-18)33-25-21-15-28-12-9-22(21)29-16-30-25;20-15-5-1-13(2-6-15)11-17(22)19(9-10-19)18(23)12-14-3-7-16(21)8-4-14;8-7-5-3-9-2-1-6(5)10-4-11-7;11-7-5-3-8-2-1-6(5)9-4-10-7;7-5-1-2-8-3-4(5)6(9)10;2-1-3/h1-9,12,15-16H,10-11,13-14H2;1-8,21H,9-12H2;1-4H;1-4H,(H,9,10,11);1-3H,(H2,7,8)(H,9,10);1H,(H2,2,3). The molecule has 0 saturated heterocycles. The number of carboxylic acid groups (broad SMARTS) is 1. The molecule has 4 aromatic carbocycles. The van der Waals surface area contributed by atoms with E-state index < -0.39 is 16.8 Å². The quantitative estimate of drug-likeness (QED) is 0.0362. The molecule has 0 spiro atoms. The maximum absolute atomic E-state index is 13.1. The maximum atomic E-state index is 13.1. The monoisotopic (exact) mass is 1250 g/mol. The summed E-state index contributed by atoms with van der Waals surface area (Å²) in [5, 5.41) is 20.2. The summed E-state index contributed by atoms with van der Waals surface area (Å²) in [6, 6.07) is 32.0. The number of aromatic nitrogens is 10. The topological polar surface area (TPSA) is 353 Å². The minimum absolute atomic E-state index is 0.0440. The Morgan fingerprint density at radius 3 is 1.37 bits per heavy atom. The Morgan fingerprint density at radius 2 is 0.945 bits per heavy atom. The molecule has 2 aliphatic rings. The van der Waals surface area contributed by atoms with Crippen molar-refractivity contribution in [3.63, 3.8) is 0 Å². The van der Waals surface area contributed by atoms with E-state index in [0.717, 1.165) is 38.7 Å². The van der Waals surface area contributed by atoms with E-state index in [1.165, 1.54) is 80.0 Å². The van der Waals surface area contributed by atoms with Gasteiger partial charge in [0.1, 0.15) is 46.5 Å². The van der Waals surface area contributed by atoms with Gasteiger partial charge in [0, 0.05) is 80.9 Å². The number of aromatic hydroxyl groups is 1. The molecule has 13 rings (SSSR count). The molecule has 2 saturated carbocycles. The molecule has 0 bridgehead atoms. The number of rotatable bonds is 15. The first kappa shape index (κ1) is 65.4. The number of phenolic OH excluding ortho intramolecular Hbond substituents is 1. The molecule has 25 heteroatoms. The molecular weight excluding hydrogens is 1190 g/mol. The number of ketones is 4. The number of aromatic carboxylic acids is 1. The number of aromatic amines is 1. The normalized spacial score (nSPS) is 12.6. The van der Waals surface area contributed by atoms with Gasteiger partial charge in [0.2, 0.25) is 12.3 Å². The van der Waals surface area contributed by atoms with E-state index in [2.05, 4.69) is 55.6 Å². The summed E-state index contributed by atoms with van der Waals surface area (Å²) in [6.45, 7) is 0. The predicted octanol–water partition coefficient (Wildman–Crippen LogP) is 9.35. The third-order valence-electron chi connectivity index (χ3n) is 14.3. The van der Waals surface area contributed by atoms with Crippen LogP contribution in [0.1, 0.15) is 58.3 Å². The van der Waals surface area contributed by atoms with Crippen LogP contribution in [0.2, 0.25) is 5.15 Å². The van der Waals surface area contributed by atoms with Crippen LogP contribution in [0.15, 0.2) is 195 Å². The summed E-state index contributed by atoms with van der Waals surface area (Å²) >= 11 is 5.77. The molecule has 2 aliphatic carbocycles. The molecule has 11 aromatic rings. The lowest BCUT2D eigenvalue weighted by Gasteiger charge is -2.13. The molecule has 7 heterocycles. The number of benzene rings is 4. The molecule has 0 atom stereocenters. The van der Waals surface area contributed by atoms with Gasteiger partial charge in [-0.15, -0.1) is 0 Å². The number of nitrogens with two attached hydrogens (primary N) is 2.